The lowest BCUT2D eigenvalue weighted by atomic mass is 9.83. The van der Waals surface area contributed by atoms with Crippen molar-refractivity contribution in [1.82, 2.24) is 0 Å². The van der Waals surface area contributed by atoms with Crippen LogP contribution >= 0.6 is 0 Å². The minimum Gasteiger partial charge on any atom is -0.0622 e. The van der Waals surface area contributed by atoms with Crippen molar-refractivity contribution in [2.75, 3.05) is 0 Å². The van der Waals surface area contributed by atoms with E-state index in [0.717, 1.165) is 0 Å². The van der Waals surface area contributed by atoms with Gasteiger partial charge in [-0.15, -0.1) is 0 Å². The molecule has 0 bridgehead atoms. The van der Waals surface area contributed by atoms with Crippen LogP contribution in [0.15, 0.2) is 169 Å². The standard InChI is InChI=1S/C44H28/c1-2-12-29(13-3-1)30-22-23-32-27-34(25-24-31(32)26-30)43-38-18-8-10-20-40(38)44(41-21-11-9-19-39(41)43)42-28-33-14-4-5-15-35(33)36-16-6-7-17-37(36)42/h1-28H/i1D,2D,3D,4D,5D,6D,7D,8D,9D,10D,11D,12D,13D,14D,15D,16D,17D,18D,19D,20D,21D,22D,23D,24D,25D,26D,27D,28D. The summed E-state index contributed by atoms with van der Waals surface area (Å²) in [7, 11) is 0. The lowest BCUT2D eigenvalue weighted by Crippen LogP contribution is -1.92. The maximum absolute atomic E-state index is 9.77. The highest BCUT2D eigenvalue weighted by Gasteiger charge is 2.19. The van der Waals surface area contributed by atoms with Crippen LogP contribution in [0.3, 0.4) is 0 Å². The van der Waals surface area contributed by atoms with Crippen molar-refractivity contribution in [1.29, 1.82) is 0 Å². The Hall–Kier alpha value is -5.72. The summed E-state index contributed by atoms with van der Waals surface area (Å²) in [6.45, 7) is 0. The molecule has 204 valence electrons. The molecule has 0 saturated heterocycles. The monoisotopic (exact) mass is 584 g/mol. The molecule has 0 aliphatic carbocycles. The summed E-state index contributed by atoms with van der Waals surface area (Å²) in [5, 5.41) is -6.98. The molecule has 0 amide bonds. The Bertz CT molecular complexity index is 4010. The molecule has 0 aromatic heterocycles. The zero-order chi connectivity index (χ0) is 53.4. The first-order valence-corrected chi connectivity index (χ1v) is 13.0. The van der Waals surface area contributed by atoms with Gasteiger partial charge in [0.15, 0.2) is 0 Å². The molecule has 0 nitrogen and oxygen atoms in total. The number of benzene rings is 9. The minimum absolute atomic E-state index is 0.550. The van der Waals surface area contributed by atoms with Gasteiger partial charge in [-0.05, 0) is 105 Å². The molecule has 0 spiro atoms. The van der Waals surface area contributed by atoms with Gasteiger partial charge >= 0.3 is 0 Å². The van der Waals surface area contributed by atoms with E-state index in [4.69, 9.17) is 23.3 Å². The lowest BCUT2D eigenvalue weighted by Gasteiger charge is -2.20. The third kappa shape index (κ3) is 3.85. The molecule has 0 heterocycles. The smallest absolute Gasteiger partial charge is 0.0622 e. The van der Waals surface area contributed by atoms with Crippen molar-refractivity contribution < 1.29 is 38.4 Å². The molecule has 9 rings (SSSR count). The van der Waals surface area contributed by atoms with Gasteiger partial charge in [-0.25, -0.2) is 0 Å². The third-order valence-corrected chi connectivity index (χ3v) is 7.12. The van der Waals surface area contributed by atoms with E-state index in [-0.39, 0.29) is 0 Å². The first-order chi connectivity index (χ1) is 33.5. The molecule has 0 saturated carbocycles. The van der Waals surface area contributed by atoms with E-state index in [1.807, 2.05) is 0 Å². The van der Waals surface area contributed by atoms with Gasteiger partial charge in [-0.1, -0.05) is 151 Å². The number of hydrogen-bond acceptors (Lipinski definition) is 0. The molecular formula is C44H28. The number of hydrogen-bond donors (Lipinski definition) is 0. The van der Waals surface area contributed by atoms with E-state index in [0.29, 0.717) is 0 Å². The molecule has 0 fully saturated rings. The van der Waals surface area contributed by atoms with E-state index in [1.165, 1.54) is 0 Å². The predicted molar refractivity (Wildman–Crippen MR) is 190 cm³/mol. The highest BCUT2D eigenvalue weighted by atomic mass is 14.2. The second kappa shape index (κ2) is 9.93. The summed E-state index contributed by atoms with van der Waals surface area (Å²) in [6.07, 6.45) is 0. The summed E-state index contributed by atoms with van der Waals surface area (Å²) < 4.78 is 251. The summed E-state index contributed by atoms with van der Waals surface area (Å²) >= 11 is 0. The van der Waals surface area contributed by atoms with Crippen LogP contribution in [0.5, 0.6) is 0 Å². The molecule has 0 radical (unpaired) electrons. The van der Waals surface area contributed by atoms with Crippen molar-refractivity contribution >= 4 is 53.9 Å². The summed E-state index contributed by atoms with van der Waals surface area (Å²) in [5.41, 5.74) is -4.52. The molecule has 0 aliphatic heterocycles. The molecular weight excluding hydrogens is 528 g/mol. The van der Waals surface area contributed by atoms with Crippen molar-refractivity contribution in [3.8, 4) is 33.4 Å². The van der Waals surface area contributed by atoms with Gasteiger partial charge in [0.25, 0.3) is 0 Å². The second-order valence-corrected chi connectivity index (χ2v) is 9.50. The molecule has 0 heteroatoms. The lowest BCUT2D eigenvalue weighted by molar-refractivity contribution is 1.64. The van der Waals surface area contributed by atoms with Gasteiger partial charge in [0.2, 0.25) is 0 Å². The normalized spacial score (nSPS) is 20.5. The van der Waals surface area contributed by atoms with Crippen molar-refractivity contribution in [3.05, 3.63) is 169 Å². The Kier molecular flexibility index (Phi) is 2.18. The fourth-order valence-corrected chi connectivity index (χ4v) is 5.28. The topological polar surface area (TPSA) is 0 Å². The summed E-state index contributed by atoms with van der Waals surface area (Å²) in [6, 6.07) is -26.5. The van der Waals surface area contributed by atoms with E-state index in [2.05, 4.69) is 0 Å². The van der Waals surface area contributed by atoms with Crippen LogP contribution in [0.25, 0.3) is 87.2 Å². The molecule has 9 aromatic carbocycles. The van der Waals surface area contributed by atoms with Crippen molar-refractivity contribution in [3.63, 3.8) is 0 Å². The highest BCUT2D eigenvalue weighted by molar-refractivity contribution is 6.25. The van der Waals surface area contributed by atoms with Crippen LogP contribution in [0.2, 0.25) is 0 Å². The predicted octanol–water partition coefficient (Wildman–Crippen LogP) is 12.5. The van der Waals surface area contributed by atoms with Gasteiger partial charge in [-0.3, -0.25) is 0 Å². The van der Waals surface area contributed by atoms with Gasteiger partial charge in [0, 0.05) is 0 Å². The first-order valence-electron chi connectivity index (χ1n) is 27.0. The van der Waals surface area contributed by atoms with Crippen molar-refractivity contribution in [2.24, 2.45) is 0 Å². The first kappa shape index (κ1) is 9.64. The Morgan fingerprint density at radius 2 is 0.750 bits per heavy atom. The largest absolute Gasteiger partial charge is 0.0636 e. The Balaban J connectivity index is 1.63. The van der Waals surface area contributed by atoms with Crippen LogP contribution in [-0.2, 0) is 0 Å². The van der Waals surface area contributed by atoms with E-state index in [9.17, 15) is 15.1 Å². The van der Waals surface area contributed by atoms with Crippen molar-refractivity contribution in [2.45, 2.75) is 0 Å². The van der Waals surface area contributed by atoms with Gasteiger partial charge in [0.05, 0.1) is 38.4 Å². The molecule has 0 unspecified atom stereocenters. The van der Waals surface area contributed by atoms with E-state index in [1.54, 1.807) is 0 Å². The minimum atomic E-state index is -1.07. The van der Waals surface area contributed by atoms with E-state index >= 15 is 0 Å². The molecule has 0 aliphatic rings. The maximum Gasteiger partial charge on any atom is 0.0636 e. The average molecular weight is 585 g/mol. The Morgan fingerprint density at radius 3 is 1.41 bits per heavy atom. The Labute approximate surface area is 295 Å². The van der Waals surface area contributed by atoms with Gasteiger partial charge in [0.1, 0.15) is 0 Å². The molecule has 0 atom stereocenters. The van der Waals surface area contributed by atoms with Gasteiger partial charge in [-0.2, -0.15) is 0 Å². The fraction of sp³-hybridized carbons (Fsp3) is 0. The Morgan fingerprint density at radius 1 is 0.273 bits per heavy atom. The van der Waals surface area contributed by atoms with Crippen LogP contribution in [0, 0.1) is 0 Å². The average Bonchev–Trinajstić information content (AvgIpc) is 3.35. The van der Waals surface area contributed by atoms with E-state index < -0.39 is 256 Å². The third-order valence-electron chi connectivity index (χ3n) is 7.12. The van der Waals surface area contributed by atoms with Crippen LogP contribution in [0.1, 0.15) is 38.4 Å². The van der Waals surface area contributed by atoms with Crippen LogP contribution in [-0.4, -0.2) is 0 Å². The highest BCUT2D eigenvalue weighted by Crippen LogP contribution is 2.46. The quantitative estimate of drug-likeness (QED) is 0.143. The molecule has 0 N–H and O–H groups in total. The molecule has 9 aromatic rings. The SMILES string of the molecule is [2H]c1c([2H])c([2H])c(-c2c([2H])c([2H])c3c([2H])c(-c4c5c([2H])c([2H])c([2H])c([2H])c5c(-c5c([2H])c6c([2H])c([2H])c([2H])c([2H])c6c6c([2H])c([2H])c([2H])c([2H])c56)c5c([2H])c([2H])c([2H])c([2H])c45)c([2H])c([2H])c3c2[2H])c([2H])c1[2H]. The number of rotatable bonds is 3. The number of fused-ring (bicyclic) bond motifs is 6. The fourth-order valence-electron chi connectivity index (χ4n) is 5.28. The van der Waals surface area contributed by atoms with Crippen LogP contribution in [0.4, 0.5) is 0 Å². The molecule has 44 heavy (non-hydrogen) atoms. The van der Waals surface area contributed by atoms with Gasteiger partial charge < -0.3 is 0 Å². The maximum atomic E-state index is 9.77. The van der Waals surface area contributed by atoms with Crippen LogP contribution < -0.4 is 0 Å². The zero-order valence-corrected chi connectivity index (χ0v) is 22.0. The summed E-state index contributed by atoms with van der Waals surface area (Å²) in [5.74, 6) is 0. The zero-order valence-electron chi connectivity index (χ0n) is 50.0. The second-order valence-electron chi connectivity index (χ2n) is 9.50. The summed E-state index contributed by atoms with van der Waals surface area (Å²) in [4.78, 5) is 0.